The second kappa shape index (κ2) is 8.44. The average Bonchev–Trinajstić information content (AvgIpc) is 2.54. The first kappa shape index (κ1) is 16.4. The molecular formula is C18H20ClNO2. The molecule has 0 aromatic heterocycles. The van der Waals surface area contributed by atoms with Crippen LogP contribution in [0.1, 0.15) is 25.3 Å². The number of carbonyl (C=O) groups excluding carboxylic acids is 1. The minimum atomic E-state index is 0.00366. The van der Waals surface area contributed by atoms with Gasteiger partial charge in [0.05, 0.1) is 6.61 Å². The third kappa shape index (κ3) is 5.41. The van der Waals surface area contributed by atoms with Gasteiger partial charge in [-0.05, 0) is 54.8 Å². The van der Waals surface area contributed by atoms with Gasteiger partial charge < -0.3 is 10.1 Å². The van der Waals surface area contributed by atoms with E-state index in [0.717, 1.165) is 17.9 Å². The molecule has 4 heteroatoms. The number of aryl methyl sites for hydroxylation is 1. The van der Waals surface area contributed by atoms with E-state index in [2.05, 4.69) is 12.2 Å². The van der Waals surface area contributed by atoms with Crippen LogP contribution in [0.25, 0.3) is 0 Å². The Morgan fingerprint density at radius 2 is 1.77 bits per heavy atom. The largest absolute Gasteiger partial charge is 0.494 e. The number of carbonyl (C=O) groups is 1. The van der Waals surface area contributed by atoms with Crippen LogP contribution in [-0.4, -0.2) is 12.5 Å². The lowest BCUT2D eigenvalue weighted by Gasteiger charge is -2.07. The molecule has 116 valence electrons. The number of benzene rings is 2. The Morgan fingerprint density at radius 3 is 2.41 bits per heavy atom. The molecule has 2 aromatic rings. The number of hydrogen-bond donors (Lipinski definition) is 1. The lowest BCUT2D eigenvalue weighted by molar-refractivity contribution is -0.116. The van der Waals surface area contributed by atoms with Gasteiger partial charge in [0, 0.05) is 17.1 Å². The summed E-state index contributed by atoms with van der Waals surface area (Å²) in [7, 11) is 0. The summed E-state index contributed by atoms with van der Waals surface area (Å²) in [6, 6.07) is 15.1. The van der Waals surface area contributed by atoms with Crippen LogP contribution >= 0.6 is 11.6 Å². The molecule has 0 heterocycles. The Kier molecular flexibility index (Phi) is 6.28. The molecule has 0 unspecified atom stereocenters. The molecule has 3 nitrogen and oxygen atoms in total. The summed E-state index contributed by atoms with van der Waals surface area (Å²) in [5.74, 6) is 0.768. The molecule has 2 aromatic carbocycles. The van der Waals surface area contributed by atoms with Gasteiger partial charge in [-0.3, -0.25) is 4.79 Å². The van der Waals surface area contributed by atoms with Crippen LogP contribution in [0, 0.1) is 0 Å². The van der Waals surface area contributed by atoms with Crippen LogP contribution in [0.4, 0.5) is 5.69 Å². The molecule has 0 atom stereocenters. The summed E-state index contributed by atoms with van der Waals surface area (Å²) in [5.41, 5.74) is 2.09. The molecule has 0 aliphatic rings. The summed E-state index contributed by atoms with van der Waals surface area (Å²) in [6.45, 7) is 2.61. The first-order valence-corrected chi connectivity index (χ1v) is 7.82. The molecule has 0 aliphatic carbocycles. The maximum absolute atomic E-state index is 11.8. The van der Waals surface area contributed by atoms with Crippen LogP contribution in [0.15, 0.2) is 48.5 Å². The summed E-state index contributed by atoms with van der Waals surface area (Å²) < 4.78 is 5.55. The molecule has 0 saturated heterocycles. The Hall–Kier alpha value is -2.00. The second-order valence-corrected chi connectivity index (χ2v) is 5.44. The fourth-order valence-electron chi connectivity index (χ4n) is 2.00. The van der Waals surface area contributed by atoms with Gasteiger partial charge in [-0.2, -0.15) is 0 Å². The van der Waals surface area contributed by atoms with Crippen molar-refractivity contribution in [1.82, 2.24) is 0 Å². The van der Waals surface area contributed by atoms with E-state index in [1.807, 2.05) is 36.4 Å². The summed E-state index contributed by atoms with van der Waals surface area (Å²) in [4.78, 5) is 11.8. The van der Waals surface area contributed by atoms with Gasteiger partial charge >= 0.3 is 0 Å². The minimum Gasteiger partial charge on any atom is -0.494 e. The van der Waals surface area contributed by atoms with E-state index in [4.69, 9.17) is 16.3 Å². The van der Waals surface area contributed by atoms with Gasteiger partial charge in [-0.25, -0.2) is 0 Å². The van der Waals surface area contributed by atoms with Gasteiger partial charge in [0.25, 0.3) is 0 Å². The number of amides is 1. The Balaban J connectivity index is 1.67. The maximum atomic E-state index is 11.8. The number of nitrogens with one attached hydrogen (secondary N) is 1. The topological polar surface area (TPSA) is 38.3 Å². The molecular weight excluding hydrogens is 298 g/mol. The number of ether oxygens (including phenoxy) is 1. The zero-order valence-corrected chi connectivity index (χ0v) is 13.4. The monoisotopic (exact) mass is 317 g/mol. The highest BCUT2D eigenvalue weighted by Gasteiger charge is 2.03. The quantitative estimate of drug-likeness (QED) is 0.752. The highest BCUT2D eigenvalue weighted by Crippen LogP contribution is 2.16. The molecule has 0 radical (unpaired) electrons. The van der Waals surface area contributed by atoms with Gasteiger partial charge in [0.1, 0.15) is 5.75 Å². The highest BCUT2D eigenvalue weighted by atomic mass is 35.5. The van der Waals surface area contributed by atoms with E-state index >= 15 is 0 Å². The smallest absolute Gasteiger partial charge is 0.224 e. The highest BCUT2D eigenvalue weighted by molar-refractivity contribution is 6.30. The van der Waals surface area contributed by atoms with Crippen LogP contribution < -0.4 is 10.1 Å². The molecule has 2 rings (SSSR count). The molecule has 0 fully saturated rings. The number of rotatable bonds is 7. The van der Waals surface area contributed by atoms with Gasteiger partial charge in [-0.1, -0.05) is 30.7 Å². The second-order valence-electron chi connectivity index (χ2n) is 5.00. The zero-order valence-electron chi connectivity index (χ0n) is 12.6. The van der Waals surface area contributed by atoms with Crippen LogP contribution in [0.5, 0.6) is 5.75 Å². The van der Waals surface area contributed by atoms with Gasteiger partial charge in [0.2, 0.25) is 5.91 Å². The van der Waals surface area contributed by atoms with E-state index in [9.17, 15) is 4.79 Å². The van der Waals surface area contributed by atoms with Crippen LogP contribution in [-0.2, 0) is 11.2 Å². The Morgan fingerprint density at radius 1 is 1.09 bits per heavy atom. The predicted octanol–water partition coefficient (Wildman–Crippen LogP) is 4.70. The number of hydrogen-bond acceptors (Lipinski definition) is 2. The summed E-state index contributed by atoms with van der Waals surface area (Å²) in [5, 5.41) is 3.57. The van der Waals surface area contributed by atoms with Crippen LogP contribution in [0.3, 0.4) is 0 Å². The summed E-state index contributed by atoms with van der Waals surface area (Å²) >= 11 is 5.80. The molecule has 0 bridgehead atoms. The van der Waals surface area contributed by atoms with Crippen molar-refractivity contribution in [3.63, 3.8) is 0 Å². The Labute approximate surface area is 136 Å². The third-order valence-corrected chi connectivity index (χ3v) is 3.53. The van der Waals surface area contributed by atoms with Gasteiger partial charge in [0.15, 0.2) is 0 Å². The third-order valence-electron chi connectivity index (χ3n) is 3.28. The van der Waals surface area contributed by atoms with Crippen molar-refractivity contribution in [3.05, 3.63) is 59.1 Å². The van der Waals surface area contributed by atoms with Crippen molar-refractivity contribution < 1.29 is 9.53 Å². The van der Waals surface area contributed by atoms with Crippen molar-refractivity contribution in [2.45, 2.75) is 26.2 Å². The predicted molar refractivity (Wildman–Crippen MR) is 90.6 cm³/mol. The SMILES string of the molecule is CCc1ccc(NC(=O)CCCOc2ccc(Cl)cc2)cc1. The standard InChI is InChI=1S/C18H20ClNO2/c1-2-14-5-9-16(10-6-14)20-18(21)4-3-13-22-17-11-7-15(19)8-12-17/h5-12H,2-4,13H2,1H3,(H,20,21). The number of halogens is 1. The van der Waals surface area contributed by atoms with Crippen molar-refractivity contribution in [2.24, 2.45) is 0 Å². The fourth-order valence-corrected chi connectivity index (χ4v) is 2.13. The molecule has 1 amide bonds. The molecule has 0 spiro atoms. The summed E-state index contributed by atoms with van der Waals surface area (Å²) in [6.07, 6.45) is 2.10. The van der Waals surface area contributed by atoms with Crippen molar-refractivity contribution in [3.8, 4) is 5.75 Å². The van der Waals surface area contributed by atoms with Crippen LogP contribution in [0.2, 0.25) is 5.02 Å². The molecule has 22 heavy (non-hydrogen) atoms. The fraction of sp³-hybridized carbons (Fsp3) is 0.278. The minimum absolute atomic E-state index is 0.00366. The van der Waals surface area contributed by atoms with Crippen molar-refractivity contribution in [1.29, 1.82) is 0 Å². The maximum Gasteiger partial charge on any atom is 0.224 e. The Bertz CT molecular complexity index is 593. The van der Waals surface area contributed by atoms with E-state index in [0.29, 0.717) is 24.5 Å². The first-order valence-electron chi connectivity index (χ1n) is 7.44. The number of anilines is 1. The van der Waals surface area contributed by atoms with Gasteiger partial charge in [-0.15, -0.1) is 0 Å². The molecule has 0 aliphatic heterocycles. The van der Waals surface area contributed by atoms with Crippen molar-refractivity contribution in [2.75, 3.05) is 11.9 Å². The van der Waals surface area contributed by atoms with E-state index in [-0.39, 0.29) is 5.91 Å². The van der Waals surface area contributed by atoms with E-state index < -0.39 is 0 Å². The van der Waals surface area contributed by atoms with Crippen molar-refractivity contribution >= 4 is 23.2 Å². The average molecular weight is 318 g/mol. The lowest BCUT2D eigenvalue weighted by Crippen LogP contribution is -2.12. The van der Waals surface area contributed by atoms with E-state index in [1.165, 1.54) is 5.56 Å². The zero-order chi connectivity index (χ0) is 15.8. The molecule has 0 saturated carbocycles. The first-order chi connectivity index (χ1) is 10.7. The molecule has 1 N–H and O–H groups in total. The lowest BCUT2D eigenvalue weighted by atomic mass is 10.1. The van der Waals surface area contributed by atoms with E-state index in [1.54, 1.807) is 12.1 Å². The normalized spacial score (nSPS) is 10.3.